The van der Waals surface area contributed by atoms with E-state index in [9.17, 15) is 0 Å². The van der Waals surface area contributed by atoms with E-state index < -0.39 is 6.29 Å². The molecule has 7 nitrogen and oxygen atoms in total. The molecule has 0 aromatic carbocycles. The number of hydrogen-bond donors (Lipinski definition) is 7. The first-order chi connectivity index (χ1) is 4.88. The smallest absolute Gasteiger partial charge is 0.104 e. The first-order valence-electron chi connectivity index (χ1n) is 3.06. The minimum Gasteiger partial charge on any atom is -0.319 e. The molecule has 0 aliphatic rings. The minimum absolute atomic E-state index is 0.167. The summed E-state index contributed by atoms with van der Waals surface area (Å²) in [6.45, 7) is 1.97. The van der Waals surface area contributed by atoms with Crippen molar-refractivity contribution in [1.29, 1.82) is 0 Å². The van der Waals surface area contributed by atoms with Gasteiger partial charge in [0.2, 0.25) is 0 Å². The third-order valence-electron chi connectivity index (χ3n) is 0. The minimum atomic E-state index is -0.667. The van der Waals surface area contributed by atoms with E-state index in [4.69, 9.17) is 11.5 Å². The summed E-state index contributed by atoms with van der Waals surface area (Å²) in [5.41, 5.74) is 33.0. The summed E-state index contributed by atoms with van der Waals surface area (Å²) in [7, 11) is 0. The average molecular weight is 167 g/mol. The lowest BCUT2D eigenvalue weighted by molar-refractivity contribution is 0.750. The lowest BCUT2D eigenvalue weighted by atomic mass is 10.7. The van der Waals surface area contributed by atoms with Crippen LogP contribution in [0.3, 0.4) is 0 Å². The monoisotopic (exact) mass is 167 g/mol. The summed E-state index contributed by atoms with van der Waals surface area (Å²) in [6, 6.07) is 0. The molecule has 72 valence electrons. The van der Waals surface area contributed by atoms with Gasteiger partial charge in [-0.05, 0) is 6.92 Å². The topological polar surface area (TPSA) is 182 Å². The van der Waals surface area contributed by atoms with Crippen LogP contribution in [0.2, 0.25) is 0 Å². The maximum Gasteiger partial charge on any atom is 0.104 e. The molecule has 0 amide bonds. The van der Waals surface area contributed by atoms with Crippen molar-refractivity contribution < 1.29 is 0 Å². The van der Waals surface area contributed by atoms with Crippen LogP contribution in [-0.2, 0) is 0 Å². The van der Waals surface area contributed by atoms with Crippen molar-refractivity contribution in [1.82, 2.24) is 0 Å². The fourth-order valence-corrected chi connectivity index (χ4v) is 0. The molecule has 11 heavy (non-hydrogen) atoms. The molecule has 0 bridgehead atoms. The molecule has 0 atom stereocenters. The molecule has 0 aliphatic carbocycles. The zero-order valence-electron chi connectivity index (χ0n) is 6.90. The summed E-state index contributed by atoms with van der Waals surface area (Å²) in [4.78, 5) is 0. The number of nitrogens with two attached hydrogens (primary N) is 7. The molecule has 0 spiro atoms. The lowest BCUT2D eigenvalue weighted by Gasteiger charge is -1.84. The van der Waals surface area contributed by atoms with Crippen LogP contribution < -0.4 is 40.1 Å². The van der Waals surface area contributed by atoms with Gasteiger partial charge < -0.3 is 40.1 Å². The van der Waals surface area contributed by atoms with Crippen LogP contribution in [0.15, 0.2) is 0 Å². The zero-order chi connectivity index (χ0) is 9.86. The second kappa shape index (κ2) is 16.4. The maximum atomic E-state index is 4.89. The molecule has 0 fully saturated rings. The van der Waals surface area contributed by atoms with Gasteiger partial charge in [0.15, 0.2) is 0 Å². The van der Waals surface area contributed by atoms with Crippen LogP contribution in [-0.4, -0.2) is 19.1 Å². The van der Waals surface area contributed by atoms with Crippen LogP contribution in [0.5, 0.6) is 0 Å². The Morgan fingerprint density at radius 1 is 0.909 bits per heavy atom. The van der Waals surface area contributed by atoms with Gasteiger partial charge in [0, 0.05) is 12.8 Å². The van der Waals surface area contributed by atoms with Gasteiger partial charge in [-0.3, -0.25) is 0 Å². The molecular weight excluding hydrogens is 146 g/mol. The van der Waals surface area contributed by atoms with Gasteiger partial charge in [-0.1, -0.05) is 0 Å². The van der Waals surface area contributed by atoms with Crippen molar-refractivity contribution in [2.75, 3.05) is 6.67 Å². The summed E-state index contributed by atoms with van der Waals surface area (Å²) in [5, 5.41) is 0. The average Bonchev–Trinajstić information content (AvgIpc) is 1.60. The molecule has 0 aliphatic heterocycles. The Balaban J connectivity index is -0.0000000886. The van der Waals surface area contributed by atoms with E-state index in [1.54, 1.807) is 6.92 Å². The van der Waals surface area contributed by atoms with Crippen molar-refractivity contribution in [2.24, 2.45) is 40.1 Å². The quantitative estimate of drug-likeness (QED) is 0.181. The van der Waals surface area contributed by atoms with Gasteiger partial charge in [-0.15, -0.1) is 0 Å². The molecule has 0 saturated heterocycles. The molecule has 0 unspecified atom stereocenters. The van der Waals surface area contributed by atoms with Crippen LogP contribution in [0, 0.1) is 0 Å². The van der Waals surface area contributed by atoms with Gasteiger partial charge in [-0.25, -0.2) is 0 Å². The Kier molecular flexibility index (Phi) is 25.3. The molecule has 0 aromatic rings. The number of rotatable bonds is 0. The summed E-state index contributed by atoms with van der Waals surface area (Å²) >= 11 is 0. The van der Waals surface area contributed by atoms with Crippen molar-refractivity contribution in [3.63, 3.8) is 0 Å². The summed E-state index contributed by atoms with van der Waals surface area (Å²) in [6.07, 6.45) is -0.833. The molecule has 0 rings (SSSR count). The van der Waals surface area contributed by atoms with E-state index in [0.717, 1.165) is 0 Å². The molecular formula is C4H21N7. The van der Waals surface area contributed by atoms with Gasteiger partial charge in [0.1, 0.15) is 6.29 Å². The van der Waals surface area contributed by atoms with Crippen molar-refractivity contribution in [3.05, 3.63) is 0 Å². The third-order valence-corrected chi connectivity index (χ3v) is 0. The van der Waals surface area contributed by atoms with Gasteiger partial charge in [0.25, 0.3) is 0 Å². The fraction of sp³-hybridized carbons (Fsp3) is 1.00. The molecule has 0 radical (unpaired) electrons. The zero-order valence-corrected chi connectivity index (χ0v) is 6.90. The summed E-state index contributed by atoms with van der Waals surface area (Å²) in [5.74, 6) is 0. The predicted molar refractivity (Wildman–Crippen MR) is 47.4 cm³/mol. The van der Waals surface area contributed by atoms with Gasteiger partial charge >= 0.3 is 0 Å². The van der Waals surface area contributed by atoms with Crippen molar-refractivity contribution >= 4 is 0 Å². The SMILES string of the molecule is CC(N)N.NC(N)N.NCN. The summed E-state index contributed by atoms with van der Waals surface area (Å²) < 4.78 is 0. The molecule has 0 saturated carbocycles. The highest BCUT2D eigenvalue weighted by Gasteiger charge is 1.66. The molecule has 14 N–H and O–H groups in total. The van der Waals surface area contributed by atoms with E-state index in [1.807, 2.05) is 0 Å². The van der Waals surface area contributed by atoms with E-state index in [2.05, 4.69) is 28.7 Å². The van der Waals surface area contributed by atoms with E-state index in [1.165, 1.54) is 0 Å². The van der Waals surface area contributed by atoms with Crippen molar-refractivity contribution in [3.8, 4) is 0 Å². The maximum absolute atomic E-state index is 4.89. The molecule has 0 heterocycles. The standard InChI is InChI=1S/C2H8N2.CH7N3.CH6N2/c1-2(3)4;2-1(3)4;2-1-3/h2H,3-4H2,1H3;1H,2-4H2;1-3H2. The van der Waals surface area contributed by atoms with E-state index >= 15 is 0 Å². The molecule has 7 heteroatoms. The van der Waals surface area contributed by atoms with Gasteiger partial charge in [0.05, 0.1) is 0 Å². The highest BCUT2D eigenvalue weighted by Crippen LogP contribution is 1.41. The largest absolute Gasteiger partial charge is 0.319 e. The first kappa shape index (κ1) is 17.0. The normalized spacial score (nSPS) is 8.18. The van der Waals surface area contributed by atoms with E-state index in [-0.39, 0.29) is 12.8 Å². The highest BCUT2D eigenvalue weighted by molar-refractivity contribution is 4.28. The van der Waals surface area contributed by atoms with E-state index in [0.29, 0.717) is 0 Å². The van der Waals surface area contributed by atoms with Crippen LogP contribution in [0.25, 0.3) is 0 Å². The Bertz CT molecular complexity index is 34.2. The lowest BCUT2D eigenvalue weighted by Crippen LogP contribution is -2.39. The Morgan fingerprint density at radius 2 is 0.909 bits per heavy atom. The Hall–Kier alpha value is -0.280. The van der Waals surface area contributed by atoms with Crippen LogP contribution in [0.4, 0.5) is 0 Å². The van der Waals surface area contributed by atoms with Gasteiger partial charge in [-0.2, -0.15) is 0 Å². The first-order valence-corrected chi connectivity index (χ1v) is 3.06. The third kappa shape index (κ3) is 7390. The fourth-order valence-electron chi connectivity index (χ4n) is 0. The Morgan fingerprint density at radius 3 is 0.909 bits per heavy atom. The molecule has 0 aromatic heterocycles. The Labute approximate surface area is 67.2 Å². The van der Waals surface area contributed by atoms with Crippen molar-refractivity contribution in [2.45, 2.75) is 19.4 Å². The second-order valence-corrected chi connectivity index (χ2v) is 1.67. The van der Waals surface area contributed by atoms with Crippen LogP contribution >= 0.6 is 0 Å². The predicted octanol–water partition coefficient (Wildman–Crippen LogP) is -3.74. The highest BCUT2D eigenvalue weighted by atomic mass is 15.0. The number of hydrogen-bond acceptors (Lipinski definition) is 7. The van der Waals surface area contributed by atoms with Crippen LogP contribution in [0.1, 0.15) is 6.92 Å². The second-order valence-electron chi connectivity index (χ2n) is 1.67.